The molecule has 0 bridgehead atoms. The molecule has 0 atom stereocenters. The van der Waals surface area contributed by atoms with Crippen molar-refractivity contribution in [1.29, 1.82) is 0 Å². The summed E-state index contributed by atoms with van der Waals surface area (Å²) in [6.45, 7) is 2.87. The number of anilines is 1. The lowest BCUT2D eigenvalue weighted by atomic mass is 10.1. The molecule has 0 fully saturated rings. The molecular formula is C22H22N2O3S. The van der Waals surface area contributed by atoms with Gasteiger partial charge in [-0.05, 0) is 54.3 Å². The molecule has 0 saturated heterocycles. The fourth-order valence-corrected chi connectivity index (χ4v) is 3.28. The van der Waals surface area contributed by atoms with Gasteiger partial charge in [-0.25, -0.2) is 0 Å². The third-order valence-electron chi connectivity index (χ3n) is 4.14. The minimum Gasteiger partial charge on any atom is -0.492 e. The standard InChI is InChI=1S/C22H22N2O3S/c1-16-6-3-9-19(14-16)27-12-11-24(2)22(26)17-7-4-8-18(15-17)23-21(25)20-10-5-13-28-20/h3-10,13-15H,11-12H2,1-2H3,(H,23,25). The molecule has 5 nitrogen and oxygen atoms in total. The van der Waals surface area contributed by atoms with Gasteiger partial charge in [-0.2, -0.15) is 0 Å². The van der Waals surface area contributed by atoms with Gasteiger partial charge >= 0.3 is 0 Å². The number of benzene rings is 2. The molecule has 2 aromatic carbocycles. The Morgan fingerprint density at radius 1 is 1.07 bits per heavy atom. The van der Waals surface area contributed by atoms with Gasteiger partial charge in [0.15, 0.2) is 0 Å². The highest BCUT2D eigenvalue weighted by Crippen LogP contribution is 2.16. The number of carbonyl (C=O) groups excluding carboxylic acids is 2. The van der Waals surface area contributed by atoms with Crippen LogP contribution in [0.25, 0.3) is 0 Å². The van der Waals surface area contributed by atoms with E-state index in [0.29, 0.717) is 29.3 Å². The van der Waals surface area contributed by atoms with E-state index in [-0.39, 0.29) is 11.8 Å². The van der Waals surface area contributed by atoms with Gasteiger partial charge in [-0.15, -0.1) is 11.3 Å². The maximum atomic E-state index is 12.7. The molecule has 28 heavy (non-hydrogen) atoms. The van der Waals surface area contributed by atoms with Gasteiger partial charge < -0.3 is 15.0 Å². The number of hydrogen-bond donors (Lipinski definition) is 1. The minimum absolute atomic E-state index is 0.125. The lowest BCUT2D eigenvalue weighted by molar-refractivity contribution is 0.0773. The number of thiophene rings is 1. The number of nitrogens with zero attached hydrogens (tertiary/aromatic N) is 1. The molecule has 6 heteroatoms. The first-order valence-electron chi connectivity index (χ1n) is 8.93. The fraction of sp³-hybridized carbons (Fsp3) is 0.182. The number of amides is 2. The summed E-state index contributed by atoms with van der Waals surface area (Å²) >= 11 is 1.37. The van der Waals surface area contributed by atoms with Gasteiger partial charge in [0.1, 0.15) is 12.4 Å². The summed E-state index contributed by atoms with van der Waals surface area (Å²) in [4.78, 5) is 27.1. The van der Waals surface area contributed by atoms with Crippen LogP contribution in [0.3, 0.4) is 0 Å². The van der Waals surface area contributed by atoms with E-state index in [1.807, 2.05) is 42.6 Å². The van der Waals surface area contributed by atoms with E-state index in [1.165, 1.54) is 11.3 Å². The molecule has 144 valence electrons. The van der Waals surface area contributed by atoms with Gasteiger partial charge in [0.2, 0.25) is 0 Å². The van der Waals surface area contributed by atoms with Gasteiger partial charge in [-0.1, -0.05) is 24.3 Å². The van der Waals surface area contributed by atoms with E-state index >= 15 is 0 Å². The maximum absolute atomic E-state index is 12.7. The molecule has 0 aliphatic carbocycles. The van der Waals surface area contributed by atoms with Crippen LogP contribution in [0.1, 0.15) is 25.6 Å². The molecule has 0 aliphatic heterocycles. The SMILES string of the molecule is Cc1cccc(OCCN(C)C(=O)c2cccc(NC(=O)c3cccs3)c2)c1. The lowest BCUT2D eigenvalue weighted by Gasteiger charge is -2.18. The summed E-state index contributed by atoms with van der Waals surface area (Å²) in [6, 6.07) is 18.3. The normalized spacial score (nSPS) is 10.4. The van der Waals surface area contributed by atoms with Crippen molar-refractivity contribution in [1.82, 2.24) is 4.90 Å². The van der Waals surface area contributed by atoms with Gasteiger partial charge in [0.05, 0.1) is 11.4 Å². The van der Waals surface area contributed by atoms with Crippen LogP contribution in [-0.2, 0) is 0 Å². The molecule has 1 N–H and O–H groups in total. The van der Waals surface area contributed by atoms with E-state index in [0.717, 1.165) is 11.3 Å². The Bertz CT molecular complexity index is 954. The molecule has 0 spiro atoms. The second-order valence-electron chi connectivity index (χ2n) is 6.40. The topological polar surface area (TPSA) is 58.6 Å². The van der Waals surface area contributed by atoms with Crippen LogP contribution < -0.4 is 10.1 Å². The molecule has 0 unspecified atom stereocenters. The average molecular weight is 394 g/mol. The molecule has 0 radical (unpaired) electrons. The summed E-state index contributed by atoms with van der Waals surface area (Å²) in [5.74, 6) is 0.485. The molecule has 0 aliphatic rings. The van der Waals surface area contributed by atoms with Gasteiger partial charge in [0.25, 0.3) is 11.8 Å². The average Bonchev–Trinajstić information content (AvgIpc) is 3.22. The van der Waals surface area contributed by atoms with Crippen molar-refractivity contribution in [3.8, 4) is 5.75 Å². The summed E-state index contributed by atoms with van der Waals surface area (Å²) in [5.41, 5.74) is 2.24. The highest BCUT2D eigenvalue weighted by atomic mass is 32.1. The molecule has 3 aromatic rings. The highest BCUT2D eigenvalue weighted by molar-refractivity contribution is 7.12. The van der Waals surface area contributed by atoms with Crippen LogP contribution in [0.15, 0.2) is 66.0 Å². The van der Waals surface area contributed by atoms with Crippen LogP contribution in [0, 0.1) is 6.92 Å². The number of likely N-dealkylation sites (N-methyl/N-ethyl adjacent to an activating group) is 1. The first-order valence-corrected chi connectivity index (χ1v) is 9.81. The number of rotatable bonds is 7. The summed E-state index contributed by atoms with van der Waals surface area (Å²) in [7, 11) is 1.73. The largest absolute Gasteiger partial charge is 0.492 e. The number of hydrogen-bond acceptors (Lipinski definition) is 4. The van der Waals surface area contributed by atoms with Crippen molar-refractivity contribution in [2.45, 2.75) is 6.92 Å². The smallest absolute Gasteiger partial charge is 0.265 e. The monoisotopic (exact) mass is 394 g/mol. The van der Waals surface area contributed by atoms with Crippen LogP contribution in [-0.4, -0.2) is 36.9 Å². The number of aryl methyl sites for hydroxylation is 1. The predicted octanol–water partition coefficient (Wildman–Crippen LogP) is 4.46. The second-order valence-corrected chi connectivity index (χ2v) is 7.35. The minimum atomic E-state index is -0.181. The molecule has 0 saturated carbocycles. The molecule has 3 rings (SSSR count). The Labute approximate surface area is 168 Å². The van der Waals surface area contributed by atoms with Crippen molar-refractivity contribution < 1.29 is 14.3 Å². The van der Waals surface area contributed by atoms with Crippen LogP contribution >= 0.6 is 11.3 Å². The molecule has 1 aromatic heterocycles. The Morgan fingerprint density at radius 3 is 2.64 bits per heavy atom. The highest BCUT2D eigenvalue weighted by Gasteiger charge is 2.13. The summed E-state index contributed by atoms with van der Waals surface area (Å²) in [5, 5.41) is 4.67. The van der Waals surface area contributed by atoms with E-state index in [2.05, 4.69) is 5.32 Å². The molecule has 1 heterocycles. The zero-order valence-corrected chi connectivity index (χ0v) is 16.7. The first-order chi connectivity index (χ1) is 13.5. The Morgan fingerprint density at radius 2 is 1.89 bits per heavy atom. The van der Waals surface area contributed by atoms with Gasteiger partial charge in [-0.3, -0.25) is 9.59 Å². The van der Waals surface area contributed by atoms with Crippen molar-refractivity contribution in [3.05, 3.63) is 82.0 Å². The quantitative estimate of drug-likeness (QED) is 0.644. The van der Waals surface area contributed by atoms with Gasteiger partial charge in [0, 0.05) is 18.3 Å². The molecule has 2 amide bonds. The zero-order chi connectivity index (χ0) is 19.9. The van der Waals surface area contributed by atoms with Crippen molar-refractivity contribution in [3.63, 3.8) is 0 Å². The van der Waals surface area contributed by atoms with Crippen molar-refractivity contribution >= 4 is 28.8 Å². The van der Waals surface area contributed by atoms with E-state index < -0.39 is 0 Å². The third kappa shape index (κ3) is 5.20. The zero-order valence-electron chi connectivity index (χ0n) is 15.8. The number of ether oxygens (including phenoxy) is 1. The van der Waals surface area contributed by atoms with E-state index in [1.54, 1.807) is 42.3 Å². The predicted molar refractivity (Wildman–Crippen MR) is 112 cm³/mol. The maximum Gasteiger partial charge on any atom is 0.265 e. The second kappa shape index (κ2) is 9.19. The number of carbonyl (C=O) groups is 2. The van der Waals surface area contributed by atoms with E-state index in [4.69, 9.17) is 4.74 Å². The molecular weight excluding hydrogens is 372 g/mol. The Balaban J connectivity index is 1.56. The fourth-order valence-electron chi connectivity index (χ4n) is 2.66. The van der Waals surface area contributed by atoms with Crippen LogP contribution in [0.4, 0.5) is 5.69 Å². The Kier molecular flexibility index (Phi) is 6.45. The Hall–Kier alpha value is -3.12. The summed E-state index contributed by atoms with van der Waals surface area (Å²) in [6.07, 6.45) is 0. The van der Waals surface area contributed by atoms with Crippen molar-refractivity contribution in [2.75, 3.05) is 25.5 Å². The van der Waals surface area contributed by atoms with Crippen molar-refractivity contribution in [2.24, 2.45) is 0 Å². The van der Waals surface area contributed by atoms with Crippen LogP contribution in [0.2, 0.25) is 0 Å². The van der Waals surface area contributed by atoms with Crippen LogP contribution in [0.5, 0.6) is 5.75 Å². The first kappa shape index (κ1) is 19.6. The lowest BCUT2D eigenvalue weighted by Crippen LogP contribution is -2.31. The number of nitrogens with one attached hydrogen (secondary N) is 1. The van der Waals surface area contributed by atoms with E-state index in [9.17, 15) is 9.59 Å². The summed E-state index contributed by atoms with van der Waals surface area (Å²) < 4.78 is 5.71. The third-order valence-corrected chi connectivity index (χ3v) is 5.01.